The highest BCUT2D eigenvalue weighted by atomic mass is 35.5. The van der Waals surface area contributed by atoms with Crippen LogP contribution >= 0.6 is 11.6 Å². The predicted molar refractivity (Wildman–Crippen MR) is 87.7 cm³/mol. The van der Waals surface area contributed by atoms with Crippen molar-refractivity contribution in [3.05, 3.63) is 28.8 Å². The quantitative estimate of drug-likeness (QED) is 0.707. The molecule has 1 atom stereocenters. The van der Waals surface area contributed by atoms with Crippen molar-refractivity contribution in [2.45, 2.75) is 46.6 Å². The molecule has 0 saturated carbocycles. The van der Waals surface area contributed by atoms with Crippen LogP contribution in [0.4, 0.5) is 0 Å². The molecule has 3 nitrogen and oxygen atoms in total. The van der Waals surface area contributed by atoms with Gasteiger partial charge in [-0.15, -0.1) is 0 Å². The fourth-order valence-electron chi connectivity index (χ4n) is 2.08. The summed E-state index contributed by atoms with van der Waals surface area (Å²) < 4.78 is 5.71. The van der Waals surface area contributed by atoms with Crippen molar-refractivity contribution in [2.75, 3.05) is 13.2 Å². The molecule has 0 aliphatic carbocycles. The van der Waals surface area contributed by atoms with Gasteiger partial charge < -0.3 is 10.1 Å². The van der Waals surface area contributed by atoms with Gasteiger partial charge in [0.25, 0.3) is 0 Å². The third kappa shape index (κ3) is 5.95. The first-order chi connectivity index (χ1) is 9.89. The number of hydrogen-bond acceptors (Lipinski definition) is 3. The van der Waals surface area contributed by atoms with Crippen molar-refractivity contribution in [2.24, 2.45) is 5.41 Å². The van der Waals surface area contributed by atoms with Gasteiger partial charge in [0, 0.05) is 6.04 Å². The van der Waals surface area contributed by atoms with Crippen LogP contribution in [0.1, 0.15) is 52.1 Å². The molecule has 0 saturated heterocycles. The van der Waals surface area contributed by atoms with Crippen LogP contribution in [-0.4, -0.2) is 13.2 Å². The Labute approximate surface area is 133 Å². The van der Waals surface area contributed by atoms with E-state index in [1.807, 2.05) is 32.0 Å². The molecule has 1 N–H and O–H groups in total. The average Bonchev–Trinajstić information content (AvgIpc) is 2.45. The van der Waals surface area contributed by atoms with E-state index < -0.39 is 0 Å². The van der Waals surface area contributed by atoms with E-state index in [9.17, 15) is 0 Å². The fourth-order valence-corrected chi connectivity index (χ4v) is 2.32. The van der Waals surface area contributed by atoms with E-state index in [1.54, 1.807) is 0 Å². The monoisotopic (exact) mass is 308 g/mol. The second kappa shape index (κ2) is 8.26. The van der Waals surface area contributed by atoms with Gasteiger partial charge in [-0.3, -0.25) is 0 Å². The highest BCUT2D eigenvalue weighted by Gasteiger charge is 2.16. The van der Waals surface area contributed by atoms with Crippen LogP contribution in [0.3, 0.4) is 0 Å². The van der Waals surface area contributed by atoms with Crippen molar-refractivity contribution >= 4 is 11.6 Å². The van der Waals surface area contributed by atoms with Crippen molar-refractivity contribution in [3.8, 4) is 11.8 Å². The molecule has 0 aliphatic rings. The highest BCUT2D eigenvalue weighted by Crippen LogP contribution is 2.28. The topological polar surface area (TPSA) is 45.0 Å². The van der Waals surface area contributed by atoms with Crippen LogP contribution in [0, 0.1) is 16.7 Å². The molecule has 0 radical (unpaired) electrons. The van der Waals surface area contributed by atoms with E-state index in [0.717, 1.165) is 24.9 Å². The van der Waals surface area contributed by atoms with Gasteiger partial charge in [0.15, 0.2) is 0 Å². The zero-order valence-corrected chi connectivity index (χ0v) is 14.1. The van der Waals surface area contributed by atoms with Crippen LogP contribution in [0.5, 0.6) is 5.75 Å². The third-order valence-corrected chi connectivity index (χ3v) is 3.77. The largest absolute Gasteiger partial charge is 0.492 e. The second-order valence-corrected chi connectivity index (χ2v) is 6.32. The molecule has 116 valence electrons. The predicted octanol–water partition coefficient (Wildman–Crippen LogP) is 4.72. The Morgan fingerprint density at radius 3 is 2.71 bits per heavy atom. The van der Waals surface area contributed by atoms with E-state index in [-0.39, 0.29) is 11.5 Å². The van der Waals surface area contributed by atoms with Gasteiger partial charge in [-0.25, -0.2) is 0 Å². The number of nitriles is 1. The molecule has 0 amide bonds. The Kier molecular flexibility index (Phi) is 7.01. The number of halogens is 1. The Morgan fingerprint density at radius 2 is 2.14 bits per heavy atom. The number of hydrogen-bond donors (Lipinski definition) is 1. The summed E-state index contributed by atoms with van der Waals surface area (Å²) in [7, 11) is 0. The first-order valence-corrected chi connectivity index (χ1v) is 7.84. The Morgan fingerprint density at radius 1 is 1.43 bits per heavy atom. The molecule has 1 unspecified atom stereocenters. The molecule has 0 aliphatic heterocycles. The molecule has 1 aromatic carbocycles. The van der Waals surface area contributed by atoms with Crippen LogP contribution < -0.4 is 10.1 Å². The van der Waals surface area contributed by atoms with Crippen molar-refractivity contribution in [1.29, 1.82) is 5.26 Å². The summed E-state index contributed by atoms with van der Waals surface area (Å²) in [5.74, 6) is 0.707. The van der Waals surface area contributed by atoms with Gasteiger partial charge >= 0.3 is 0 Å². The summed E-state index contributed by atoms with van der Waals surface area (Å²) >= 11 is 6.26. The van der Waals surface area contributed by atoms with Crippen LogP contribution in [0.25, 0.3) is 0 Å². The number of nitrogens with zero attached hydrogens (tertiary/aromatic N) is 1. The summed E-state index contributed by atoms with van der Waals surface area (Å²) in [6.45, 7) is 9.57. The number of nitrogens with one attached hydrogen (secondary N) is 1. The lowest BCUT2D eigenvalue weighted by Gasteiger charge is -2.16. The first kappa shape index (κ1) is 17.8. The van der Waals surface area contributed by atoms with Gasteiger partial charge in [0.05, 0.1) is 23.1 Å². The Balaban J connectivity index is 2.52. The number of benzene rings is 1. The van der Waals surface area contributed by atoms with Crippen LogP contribution in [0.15, 0.2) is 18.2 Å². The molecule has 0 fully saturated rings. The zero-order valence-electron chi connectivity index (χ0n) is 13.4. The maximum absolute atomic E-state index is 8.96. The minimum absolute atomic E-state index is 0.276. The summed E-state index contributed by atoms with van der Waals surface area (Å²) in [6.07, 6.45) is 1.66. The molecule has 21 heavy (non-hydrogen) atoms. The van der Waals surface area contributed by atoms with Gasteiger partial charge in [-0.1, -0.05) is 24.6 Å². The Hall–Kier alpha value is -1.24. The molecule has 0 bridgehead atoms. The third-order valence-electron chi connectivity index (χ3n) is 3.47. The number of ether oxygens (including phenoxy) is 1. The van der Waals surface area contributed by atoms with E-state index >= 15 is 0 Å². The maximum atomic E-state index is 8.96. The number of rotatable bonds is 8. The minimum atomic E-state index is -0.293. The molecule has 1 rings (SSSR count). The van der Waals surface area contributed by atoms with Gasteiger partial charge in [-0.2, -0.15) is 5.26 Å². The van der Waals surface area contributed by atoms with Crippen LogP contribution in [-0.2, 0) is 0 Å². The van der Waals surface area contributed by atoms with Crippen molar-refractivity contribution in [1.82, 2.24) is 5.32 Å². The second-order valence-electron chi connectivity index (χ2n) is 5.92. The minimum Gasteiger partial charge on any atom is -0.492 e. The maximum Gasteiger partial charge on any atom is 0.137 e. The summed E-state index contributed by atoms with van der Waals surface area (Å²) in [6, 6.07) is 8.47. The molecule has 0 heterocycles. The van der Waals surface area contributed by atoms with Gasteiger partial charge in [0.2, 0.25) is 0 Å². The molecule has 4 heteroatoms. The molecular formula is C17H25ClN2O. The lowest BCUT2D eigenvalue weighted by atomic mass is 9.90. The highest BCUT2D eigenvalue weighted by molar-refractivity contribution is 6.32. The van der Waals surface area contributed by atoms with Crippen molar-refractivity contribution < 1.29 is 4.74 Å². The first-order valence-electron chi connectivity index (χ1n) is 7.46. The van der Waals surface area contributed by atoms with Crippen LogP contribution in [0.2, 0.25) is 5.02 Å². The van der Waals surface area contributed by atoms with E-state index in [0.29, 0.717) is 17.4 Å². The standard InChI is InChI=1S/C17H25ClN2O/c1-5-20-13(2)14-7-8-16(15(18)11-14)21-10-6-9-17(3,4)12-19/h7-8,11,13,20H,5-6,9-10H2,1-4H3. The van der Waals surface area contributed by atoms with E-state index in [4.69, 9.17) is 21.6 Å². The summed E-state index contributed by atoms with van der Waals surface area (Å²) in [5.41, 5.74) is 0.859. The lowest BCUT2D eigenvalue weighted by molar-refractivity contribution is 0.284. The van der Waals surface area contributed by atoms with E-state index in [1.165, 1.54) is 0 Å². The average molecular weight is 309 g/mol. The fraction of sp³-hybridized carbons (Fsp3) is 0.588. The molecule has 1 aromatic rings. The Bertz CT molecular complexity index is 494. The van der Waals surface area contributed by atoms with E-state index in [2.05, 4.69) is 25.2 Å². The molecule has 0 spiro atoms. The zero-order chi connectivity index (χ0) is 15.9. The summed E-state index contributed by atoms with van der Waals surface area (Å²) in [4.78, 5) is 0. The normalized spacial score (nSPS) is 12.8. The molecule has 0 aromatic heterocycles. The smallest absolute Gasteiger partial charge is 0.137 e. The molecular weight excluding hydrogens is 284 g/mol. The van der Waals surface area contributed by atoms with Gasteiger partial charge in [-0.05, 0) is 57.9 Å². The summed E-state index contributed by atoms with van der Waals surface area (Å²) in [5, 5.41) is 13.0. The lowest BCUT2D eigenvalue weighted by Crippen LogP contribution is -2.17. The SMILES string of the molecule is CCNC(C)c1ccc(OCCCC(C)(C)C#N)c(Cl)c1. The van der Waals surface area contributed by atoms with Gasteiger partial charge in [0.1, 0.15) is 5.75 Å². The van der Waals surface area contributed by atoms with Crippen molar-refractivity contribution in [3.63, 3.8) is 0 Å².